The molecule has 0 spiro atoms. The molecule has 1 aliphatic rings. The van der Waals surface area contributed by atoms with Gasteiger partial charge in [-0.25, -0.2) is 9.78 Å². The van der Waals surface area contributed by atoms with E-state index in [1.807, 2.05) is 38.1 Å². The maximum atomic E-state index is 12.6. The van der Waals surface area contributed by atoms with Crippen LogP contribution >= 0.6 is 11.3 Å². The Kier molecular flexibility index (Phi) is 5.43. The molecule has 6 nitrogen and oxygen atoms in total. The Hall–Kier alpha value is -2.67. The third-order valence-corrected chi connectivity index (χ3v) is 5.95. The number of nitrogens with zero attached hydrogens (tertiary/aromatic N) is 4. The summed E-state index contributed by atoms with van der Waals surface area (Å²) in [6.07, 6.45) is 2.65. The van der Waals surface area contributed by atoms with Gasteiger partial charge in [0.25, 0.3) is 0 Å². The number of esters is 1. The van der Waals surface area contributed by atoms with Gasteiger partial charge < -0.3 is 14.5 Å². The second kappa shape index (κ2) is 8.14. The monoisotopic (exact) mass is 396 g/mol. The number of rotatable bonds is 4. The number of benzene rings is 1. The van der Waals surface area contributed by atoms with Crippen molar-refractivity contribution in [1.29, 1.82) is 0 Å². The number of aryl methyl sites for hydroxylation is 1. The summed E-state index contributed by atoms with van der Waals surface area (Å²) < 4.78 is 5.31. The molecular weight excluding hydrogens is 372 g/mol. The van der Waals surface area contributed by atoms with Crippen molar-refractivity contribution in [3.63, 3.8) is 0 Å². The fraction of sp³-hybridized carbons (Fsp3) is 0.381. The van der Waals surface area contributed by atoms with E-state index >= 15 is 0 Å². The van der Waals surface area contributed by atoms with Crippen molar-refractivity contribution in [2.24, 2.45) is 0 Å². The molecule has 1 aromatic carbocycles. The van der Waals surface area contributed by atoms with Gasteiger partial charge in [0.05, 0.1) is 23.5 Å². The first kappa shape index (κ1) is 18.7. The molecule has 0 saturated carbocycles. The predicted octanol–water partition coefficient (Wildman–Crippen LogP) is 3.89. The summed E-state index contributed by atoms with van der Waals surface area (Å²) in [5, 5.41) is 4.16. The number of hydrogen-bond acceptors (Lipinski definition) is 7. The SMILES string of the molecule is CCOC(=O)c1cnc2ccccc2c1N1CCCN(c2nc(C)cs2)CC1. The number of fused-ring (bicyclic) bond motifs is 1. The Balaban J connectivity index is 1.69. The van der Waals surface area contributed by atoms with Gasteiger partial charge in [-0.05, 0) is 26.3 Å². The number of ether oxygens (including phenoxy) is 1. The fourth-order valence-electron chi connectivity index (χ4n) is 3.64. The summed E-state index contributed by atoms with van der Waals surface area (Å²) >= 11 is 1.69. The lowest BCUT2D eigenvalue weighted by atomic mass is 10.1. The molecule has 0 N–H and O–H groups in total. The van der Waals surface area contributed by atoms with E-state index in [1.54, 1.807) is 17.5 Å². The maximum Gasteiger partial charge on any atom is 0.341 e. The lowest BCUT2D eigenvalue weighted by Gasteiger charge is -2.26. The second-order valence-electron chi connectivity index (χ2n) is 6.86. The number of carbonyl (C=O) groups excluding carboxylic acids is 1. The number of anilines is 2. The highest BCUT2D eigenvalue weighted by molar-refractivity contribution is 7.13. The van der Waals surface area contributed by atoms with Crippen LogP contribution in [-0.2, 0) is 4.74 Å². The molecule has 1 saturated heterocycles. The van der Waals surface area contributed by atoms with Crippen LogP contribution in [0.25, 0.3) is 10.9 Å². The molecule has 3 aromatic rings. The molecule has 28 heavy (non-hydrogen) atoms. The van der Waals surface area contributed by atoms with Crippen LogP contribution in [0.15, 0.2) is 35.8 Å². The maximum absolute atomic E-state index is 12.6. The van der Waals surface area contributed by atoms with Gasteiger partial charge in [-0.3, -0.25) is 4.98 Å². The van der Waals surface area contributed by atoms with Crippen LogP contribution in [0.2, 0.25) is 0 Å². The van der Waals surface area contributed by atoms with E-state index in [0.717, 1.165) is 60.0 Å². The van der Waals surface area contributed by atoms with Crippen LogP contribution in [0.1, 0.15) is 29.4 Å². The second-order valence-corrected chi connectivity index (χ2v) is 7.69. The largest absolute Gasteiger partial charge is 0.462 e. The van der Waals surface area contributed by atoms with Gasteiger partial charge in [-0.2, -0.15) is 0 Å². The summed E-state index contributed by atoms with van der Waals surface area (Å²) in [5.74, 6) is -0.313. The van der Waals surface area contributed by atoms with Crippen LogP contribution in [0.3, 0.4) is 0 Å². The van der Waals surface area contributed by atoms with Gasteiger partial charge in [0.15, 0.2) is 5.13 Å². The van der Waals surface area contributed by atoms with E-state index in [2.05, 4.69) is 25.1 Å². The highest BCUT2D eigenvalue weighted by Gasteiger charge is 2.24. The van der Waals surface area contributed by atoms with Gasteiger partial charge in [0.1, 0.15) is 5.56 Å². The average Bonchev–Trinajstić information content (AvgIpc) is 2.99. The lowest BCUT2D eigenvalue weighted by molar-refractivity contribution is 0.0527. The van der Waals surface area contributed by atoms with Crippen LogP contribution < -0.4 is 9.80 Å². The number of thiazole rings is 1. The standard InChI is InChI=1S/C21H24N4O2S/c1-3-27-20(26)17-13-22-18-8-5-4-7-16(18)19(17)24-9-6-10-25(12-11-24)21-23-15(2)14-28-21/h4-5,7-8,13-14H,3,6,9-12H2,1-2H3. The van der Waals surface area contributed by atoms with Gasteiger partial charge in [-0.15, -0.1) is 11.3 Å². The van der Waals surface area contributed by atoms with Crippen molar-refractivity contribution in [3.8, 4) is 0 Å². The Bertz CT molecular complexity index is 987. The minimum absolute atomic E-state index is 0.313. The molecule has 0 aliphatic carbocycles. The van der Waals surface area contributed by atoms with Crippen molar-refractivity contribution in [1.82, 2.24) is 9.97 Å². The van der Waals surface area contributed by atoms with Crippen molar-refractivity contribution < 1.29 is 9.53 Å². The molecule has 1 fully saturated rings. The highest BCUT2D eigenvalue weighted by atomic mass is 32.1. The molecular formula is C21H24N4O2S. The smallest absolute Gasteiger partial charge is 0.341 e. The minimum atomic E-state index is -0.313. The molecule has 1 aliphatic heterocycles. The highest BCUT2D eigenvalue weighted by Crippen LogP contribution is 2.32. The fourth-order valence-corrected chi connectivity index (χ4v) is 4.50. The summed E-state index contributed by atoms with van der Waals surface area (Å²) in [6, 6.07) is 7.98. The number of para-hydroxylation sites is 1. The van der Waals surface area contributed by atoms with Gasteiger partial charge in [0, 0.05) is 43.1 Å². The number of aromatic nitrogens is 2. The van der Waals surface area contributed by atoms with E-state index in [1.165, 1.54) is 0 Å². The third kappa shape index (κ3) is 3.67. The Labute approximate surface area is 168 Å². The Morgan fingerprint density at radius 1 is 1.18 bits per heavy atom. The third-order valence-electron chi connectivity index (χ3n) is 4.93. The van der Waals surface area contributed by atoms with Crippen LogP contribution in [0.4, 0.5) is 10.8 Å². The zero-order valence-corrected chi connectivity index (χ0v) is 17.0. The predicted molar refractivity (Wildman–Crippen MR) is 114 cm³/mol. The van der Waals surface area contributed by atoms with E-state index < -0.39 is 0 Å². The summed E-state index contributed by atoms with van der Waals surface area (Å²) in [7, 11) is 0. The normalized spacial score (nSPS) is 14.9. The topological polar surface area (TPSA) is 58.6 Å². The number of hydrogen-bond donors (Lipinski definition) is 0. The van der Waals surface area contributed by atoms with E-state index in [-0.39, 0.29) is 5.97 Å². The Morgan fingerprint density at radius 2 is 1.96 bits per heavy atom. The van der Waals surface area contributed by atoms with E-state index in [0.29, 0.717) is 12.2 Å². The molecule has 0 amide bonds. The average molecular weight is 397 g/mol. The molecule has 0 radical (unpaired) electrons. The van der Waals surface area contributed by atoms with Gasteiger partial charge >= 0.3 is 5.97 Å². The van der Waals surface area contributed by atoms with Crippen molar-refractivity contribution in [2.75, 3.05) is 42.6 Å². The summed E-state index contributed by atoms with van der Waals surface area (Å²) in [4.78, 5) is 26.4. The molecule has 7 heteroatoms. The molecule has 3 heterocycles. The van der Waals surface area contributed by atoms with Crippen LogP contribution in [0.5, 0.6) is 0 Å². The van der Waals surface area contributed by atoms with Gasteiger partial charge in [0.2, 0.25) is 0 Å². The molecule has 0 atom stereocenters. The molecule has 2 aromatic heterocycles. The Morgan fingerprint density at radius 3 is 2.75 bits per heavy atom. The number of pyridine rings is 1. The quantitative estimate of drug-likeness (QED) is 0.624. The minimum Gasteiger partial charge on any atom is -0.462 e. The zero-order valence-electron chi connectivity index (χ0n) is 16.2. The molecule has 0 unspecified atom stereocenters. The van der Waals surface area contributed by atoms with E-state index in [4.69, 9.17) is 4.74 Å². The lowest BCUT2D eigenvalue weighted by Crippen LogP contribution is -2.32. The molecule has 0 bridgehead atoms. The summed E-state index contributed by atoms with van der Waals surface area (Å²) in [6.45, 7) is 7.72. The molecule has 4 rings (SSSR count). The molecule has 146 valence electrons. The van der Waals surface area contributed by atoms with Crippen LogP contribution in [0, 0.1) is 6.92 Å². The number of carbonyl (C=O) groups is 1. The first-order chi connectivity index (χ1) is 13.7. The first-order valence-electron chi connectivity index (χ1n) is 9.64. The van der Waals surface area contributed by atoms with Crippen molar-refractivity contribution in [2.45, 2.75) is 20.3 Å². The zero-order chi connectivity index (χ0) is 19.5. The summed E-state index contributed by atoms with van der Waals surface area (Å²) in [5.41, 5.74) is 3.42. The first-order valence-corrected chi connectivity index (χ1v) is 10.5. The van der Waals surface area contributed by atoms with Crippen LogP contribution in [-0.4, -0.2) is 48.7 Å². The van der Waals surface area contributed by atoms with Gasteiger partial charge in [-0.1, -0.05) is 18.2 Å². The van der Waals surface area contributed by atoms with Crippen molar-refractivity contribution in [3.05, 3.63) is 47.1 Å². The van der Waals surface area contributed by atoms with Crippen molar-refractivity contribution >= 4 is 39.0 Å². The van der Waals surface area contributed by atoms with E-state index in [9.17, 15) is 4.79 Å².